The van der Waals surface area contributed by atoms with Crippen LogP contribution in [0.4, 0.5) is 34.1 Å². The predicted octanol–water partition coefficient (Wildman–Crippen LogP) is 13.2. The van der Waals surface area contributed by atoms with Gasteiger partial charge in [0.05, 0.1) is 51.5 Å². The monoisotopic (exact) mass is 796 g/mol. The fourth-order valence-electron chi connectivity index (χ4n) is 7.09. The van der Waals surface area contributed by atoms with E-state index in [0.717, 1.165) is 72.6 Å². The maximum absolute atomic E-state index is 5.36. The van der Waals surface area contributed by atoms with E-state index in [1.807, 2.05) is 0 Å². The van der Waals surface area contributed by atoms with Gasteiger partial charge in [0.15, 0.2) is 0 Å². The lowest BCUT2D eigenvalue weighted by Gasteiger charge is -2.26. The van der Waals surface area contributed by atoms with Crippen LogP contribution in [0, 0.1) is 0 Å². The molecule has 6 rings (SSSR count). The highest BCUT2D eigenvalue weighted by Gasteiger charge is 2.15. The van der Waals surface area contributed by atoms with E-state index in [0.29, 0.717) is 26.4 Å². The van der Waals surface area contributed by atoms with Crippen LogP contribution in [-0.2, 0) is 57.5 Å². The third-order valence-electron chi connectivity index (χ3n) is 10.4. The van der Waals surface area contributed by atoms with Gasteiger partial charge in [0.2, 0.25) is 0 Å². The molecule has 306 valence electrons. The van der Waals surface area contributed by atoms with Crippen molar-refractivity contribution in [2.24, 2.45) is 0 Å². The van der Waals surface area contributed by atoms with Crippen LogP contribution in [0.15, 0.2) is 197 Å². The van der Waals surface area contributed by atoms with E-state index in [4.69, 9.17) is 18.9 Å². The number of anilines is 6. The van der Waals surface area contributed by atoms with Gasteiger partial charge < -0.3 is 28.7 Å². The van der Waals surface area contributed by atoms with Crippen molar-refractivity contribution in [2.45, 2.75) is 38.5 Å². The zero-order valence-corrected chi connectivity index (χ0v) is 34.6. The van der Waals surface area contributed by atoms with Crippen LogP contribution in [0.25, 0.3) is 0 Å². The Morgan fingerprint density at radius 3 is 0.600 bits per heavy atom. The molecule has 0 radical (unpaired) electrons. The Morgan fingerprint density at radius 2 is 0.433 bits per heavy atom. The van der Waals surface area contributed by atoms with E-state index in [9.17, 15) is 0 Å². The van der Waals surface area contributed by atoms with Crippen LogP contribution in [0.1, 0.15) is 33.4 Å². The number of nitrogens with zero attached hydrogens (tertiary/aromatic N) is 2. The lowest BCUT2D eigenvalue weighted by atomic mass is 10.0. The highest BCUT2D eigenvalue weighted by Crippen LogP contribution is 2.37. The summed E-state index contributed by atoms with van der Waals surface area (Å²) in [4.78, 5) is 4.61. The Kier molecular flexibility index (Phi) is 16.3. The minimum Gasteiger partial charge on any atom is -0.501 e. The SMILES string of the molecule is C=COCCc1ccc(N(c2ccc(CCOC=C)cc2)c2ccc(CCc3ccc(N(c4ccc(CCOC=C)cc4)c4ccc(CCOC=C)cc4)cc3)cc2)cc1. The fourth-order valence-corrected chi connectivity index (χ4v) is 7.09. The van der Waals surface area contributed by atoms with Crippen molar-refractivity contribution in [2.75, 3.05) is 36.2 Å². The molecular weight excluding hydrogens is 741 g/mol. The molecule has 0 aliphatic rings. The normalized spacial score (nSPS) is 10.6. The number of benzene rings is 6. The summed E-state index contributed by atoms with van der Waals surface area (Å²) in [5, 5.41) is 0. The van der Waals surface area contributed by atoms with E-state index in [1.165, 1.54) is 58.4 Å². The largest absolute Gasteiger partial charge is 0.501 e. The molecule has 0 N–H and O–H groups in total. The maximum Gasteiger partial charge on any atom is 0.0913 e. The molecule has 0 atom stereocenters. The first-order valence-electron chi connectivity index (χ1n) is 20.6. The first-order chi connectivity index (χ1) is 29.6. The van der Waals surface area contributed by atoms with E-state index >= 15 is 0 Å². The van der Waals surface area contributed by atoms with Gasteiger partial charge in [-0.1, -0.05) is 99.1 Å². The zero-order chi connectivity index (χ0) is 41.8. The van der Waals surface area contributed by atoms with Crippen molar-refractivity contribution in [1.82, 2.24) is 0 Å². The number of rotatable bonds is 25. The Labute approximate surface area is 357 Å². The van der Waals surface area contributed by atoms with Gasteiger partial charge in [-0.05, 0) is 119 Å². The van der Waals surface area contributed by atoms with Gasteiger partial charge in [-0.25, -0.2) is 0 Å². The van der Waals surface area contributed by atoms with Crippen molar-refractivity contribution in [3.05, 3.63) is 230 Å². The third-order valence-corrected chi connectivity index (χ3v) is 10.4. The van der Waals surface area contributed by atoms with Crippen LogP contribution in [0.3, 0.4) is 0 Å². The highest BCUT2D eigenvalue weighted by atomic mass is 16.5. The minimum atomic E-state index is 0.609. The molecule has 6 aromatic carbocycles. The Hall–Kier alpha value is -6.92. The van der Waals surface area contributed by atoms with Gasteiger partial charge in [0, 0.05) is 59.8 Å². The minimum absolute atomic E-state index is 0.609. The number of ether oxygens (including phenoxy) is 4. The second-order valence-corrected chi connectivity index (χ2v) is 14.3. The van der Waals surface area contributed by atoms with Gasteiger partial charge in [-0.15, -0.1) is 0 Å². The molecular formula is C54H56N2O4. The lowest BCUT2D eigenvalue weighted by molar-refractivity contribution is 0.255. The molecule has 0 heterocycles. The van der Waals surface area contributed by atoms with Gasteiger partial charge in [0.1, 0.15) is 0 Å². The molecule has 6 heteroatoms. The lowest BCUT2D eigenvalue weighted by Crippen LogP contribution is -2.10. The molecule has 0 saturated heterocycles. The molecule has 6 aromatic rings. The molecule has 0 spiro atoms. The second kappa shape index (κ2) is 22.9. The average Bonchev–Trinajstić information content (AvgIpc) is 3.29. The Balaban J connectivity index is 1.17. The van der Waals surface area contributed by atoms with Gasteiger partial charge >= 0.3 is 0 Å². The molecule has 0 aliphatic heterocycles. The standard InChI is InChI=1S/C54H56N2O4/c1-5-57-39-35-45-15-27-51(28-16-45)55(52-29-17-46(18-30-52)36-40-58-6-2)49-23-11-43(12-24-49)9-10-44-13-25-50(26-14-44)56(53-31-19-47(20-32-53)37-41-59-7-3)54-33-21-48(22-34-54)38-42-60-8-4/h5-8,11-34H,1-4,9-10,35-42H2. The number of hydrogen-bond acceptors (Lipinski definition) is 6. The first kappa shape index (κ1) is 42.7. The number of aryl methyl sites for hydroxylation is 2. The Bertz CT molecular complexity index is 1930. The summed E-state index contributed by atoms with van der Waals surface area (Å²) in [6.07, 6.45) is 11.1. The number of hydrogen-bond donors (Lipinski definition) is 0. The summed E-state index contributed by atoms with van der Waals surface area (Å²) in [5.74, 6) is 0. The van der Waals surface area contributed by atoms with Crippen LogP contribution in [-0.4, -0.2) is 26.4 Å². The van der Waals surface area contributed by atoms with Crippen LogP contribution < -0.4 is 9.80 Å². The van der Waals surface area contributed by atoms with Crippen molar-refractivity contribution in [3.63, 3.8) is 0 Å². The van der Waals surface area contributed by atoms with Crippen molar-refractivity contribution in [3.8, 4) is 0 Å². The summed E-state index contributed by atoms with van der Waals surface area (Å²) >= 11 is 0. The predicted molar refractivity (Wildman–Crippen MR) is 249 cm³/mol. The highest BCUT2D eigenvalue weighted by molar-refractivity contribution is 5.78. The maximum atomic E-state index is 5.36. The van der Waals surface area contributed by atoms with Crippen molar-refractivity contribution >= 4 is 34.1 Å². The Morgan fingerprint density at radius 1 is 0.267 bits per heavy atom. The molecule has 60 heavy (non-hydrogen) atoms. The van der Waals surface area contributed by atoms with Crippen LogP contribution in [0.5, 0.6) is 0 Å². The average molecular weight is 797 g/mol. The van der Waals surface area contributed by atoms with Crippen LogP contribution in [0.2, 0.25) is 0 Å². The van der Waals surface area contributed by atoms with Gasteiger partial charge in [-0.3, -0.25) is 0 Å². The summed E-state index contributed by atoms with van der Waals surface area (Å²) in [7, 11) is 0. The van der Waals surface area contributed by atoms with E-state index in [2.05, 4.69) is 182 Å². The summed E-state index contributed by atoms with van der Waals surface area (Å²) in [6, 6.07) is 52.7. The van der Waals surface area contributed by atoms with Gasteiger partial charge in [0.25, 0.3) is 0 Å². The zero-order valence-electron chi connectivity index (χ0n) is 34.6. The van der Waals surface area contributed by atoms with E-state index < -0.39 is 0 Å². The molecule has 0 unspecified atom stereocenters. The molecule has 0 aliphatic carbocycles. The summed E-state index contributed by atoms with van der Waals surface area (Å²) in [5.41, 5.74) is 14.0. The summed E-state index contributed by atoms with van der Waals surface area (Å²) < 4.78 is 21.5. The molecule has 0 saturated carbocycles. The quantitative estimate of drug-likeness (QED) is 0.0425. The molecule has 6 nitrogen and oxygen atoms in total. The third kappa shape index (κ3) is 12.3. The smallest absolute Gasteiger partial charge is 0.0913 e. The topological polar surface area (TPSA) is 43.4 Å². The molecule has 0 amide bonds. The van der Waals surface area contributed by atoms with Crippen LogP contribution >= 0.6 is 0 Å². The molecule has 0 bridgehead atoms. The van der Waals surface area contributed by atoms with E-state index in [1.54, 1.807) is 0 Å². The molecule has 0 fully saturated rings. The van der Waals surface area contributed by atoms with Crippen molar-refractivity contribution < 1.29 is 18.9 Å². The van der Waals surface area contributed by atoms with Crippen molar-refractivity contribution in [1.29, 1.82) is 0 Å². The molecule has 0 aromatic heterocycles. The van der Waals surface area contributed by atoms with Gasteiger partial charge in [-0.2, -0.15) is 0 Å². The summed E-state index contributed by atoms with van der Waals surface area (Å²) in [6.45, 7) is 17.1. The van der Waals surface area contributed by atoms with E-state index in [-0.39, 0.29) is 0 Å². The second-order valence-electron chi connectivity index (χ2n) is 14.3. The first-order valence-corrected chi connectivity index (χ1v) is 20.6. The fraction of sp³-hybridized carbons (Fsp3) is 0.185.